The van der Waals surface area contributed by atoms with Crippen LogP contribution in [0.4, 0.5) is 10.5 Å². The Kier molecular flexibility index (Phi) is 6.39. The van der Waals surface area contributed by atoms with Crippen LogP contribution in [0.3, 0.4) is 0 Å². The van der Waals surface area contributed by atoms with Crippen molar-refractivity contribution in [3.63, 3.8) is 0 Å². The molecular formula is C18H18Cl3N3O2. The summed E-state index contributed by atoms with van der Waals surface area (Å²) >= 11 is 18.0. The topological polar surface area (TPSA) is 61.4 Å². The van der Waals surface area contributed by atoms with E-state index in [9.17, 15) is 9.59 Å². The fourth-order valence-corrected chi connectivity index (χ4v) is 3.05. The maximum atomic E-state index is 12.8. The molecule has 0 radical (unpaired) electrons. The number of nitrogens with one attached hydrogen (secondary N) is 2. The fourth-order valence-electron chi connectivity index (χ4n) is 2.14. The first kappa shape index (κ1) is 20.4. The van der Waals surface area contributed by atoms with Gasteiger partial charge in [-0.1, -0.05) is 53.0 Å². The van der Waals surface area contributed by atoms with Crippen molar-refractivity contribution in [2.75, 3.05) is 5.32 Å². The average Bonchev–Trinajstić information content (AvgIpc) is 2.55. The third-order valence-corrected chi connectivity index (χ3v) is 4.17. The van der Waals surface area contributed by atoms with E-state index in [1.54, 1.807) is 45.0 Å². The highest BCUT2D eigenvalue weighted by Crippen LogP contribution is 2.33. The summed E-state index contributed by atoms with van der Waals surface area (Å²) in [5.41, 5.74) is 2.54. The van der Waals surface area contributed by atoms with Gasteiger partial charge in [0.05, 0.1) is 21.3 Å². The van der Waals surface area contributed by atoms with Crippen LogP contribution in [-0.2, 0) is 0 Å². The Balaban J connectivity index is 2.22. The Morgan fingerprint density at radius 1 is 0.962 bits per heavy atom. The van der Waals surface area contributed by atoms with E-state index in [0.29, 0.717) is 10.6 Å². The Morgan fingerprint density at radius 2 is 1.50 bits per heavy atom. The number of urea groups is 1. The molecule has 8 heteroatoms. The third-order valence-electron chi connectivity index (χ3n) is 3.35. The summed E-state index contributed by atoms with van der Waals surface area (Å²) in [6.45, 7) is 5.41. The largest absolute Gasteiger partial charge is 0.338 e. The Labute approximate surface area is 167 Å². The Bertz CT molecular complexity index is 797. The number of amides is 3. The van der Waals surface area contributed by atoms with Crippen molar-refractivity contribution in [2.24, 2.45) is 0 Å². The lowest BCUT2D eigenvalue weighted by Gasteiger charge is -2.35. The van der Waals surface area contributed by atoms with Gasteiger partial charge in [-0.3, -0.25) is 4.79 Å². The smallest absolute Gasteiger partial charge is 0.304 e. The van der Waals surface area contributed by atoms with E-state index in [0.717, 1.165) is 0 Å². The van der Waals surface area contributed by atoms with Crippen LogP contribution in [0.2, 0.25) is 15.1 Å². The lowest BCUT2D eigenvalue weighted by molar-refractivity contribution is 0.0460. The van der Waals surface area contributed by atoms with Crippen molar-refractivity contribution in [3.8, 4) is 0 Å². The summed E-state index contributed by atoms with van der Waals surface area (Å²) < 4.78 is 0. The van der Waals surface area contributed by atoms with Gasteiger partial charge >= 0.3 is 6.03 Å². The number of carbonyl (C=O) groups is 2. The number of halogens is 3. The van der Waals surface area contributed by atoms with E-state index in [1.807, 2.05) is 6.07 Å². The molecule has 0 spiro atoms. The number of rotatable bonds is 2. The van der Waals surface area contributed by atoms with Crippen molar-refractivity contribution >= 4 is 52.4 Å². The SMILES string of the molecule is CC(C)(C)N(NC(=O)Nc1c(Cl)cc(Cl)cc1Cl)C(=O)c1ccccc1. The van der Waals surface area contributed by atoms with Crippen LogP contribution in [0.5, 0.6) is 0 Å². The standard InChI is InChI=1S/C18H18Cl3N3O2/c1-18(2,3)24(16(25)11-7-5-4-6-8-11)23-17(26)22-15-13(20)9-12(19)10-14(15)21/h4-10H,1-3H3,(H2,22,23,26). The van der Waals surface area contributed by atoms with Crippen molar-refractivity contribution < 1.29 is 9.59 Å². The number of benzene rings is 2. The molecule has 138 valence electrons. The highest BCUT2D eigenvalue weighted by atomic mass is 35.5. The van der Waals surface area contributed by atoms with Gasteiger partial charge < -0.3 is 5.32 Å². The van der Waals surface area contributed by atoms with Crippen molar-refractivity contribution in [1.29, 1.82) is 0 Å². The fraction of sp³-hybridized carbons (Fsp3) is 0.222. The maximum absolute atomic E-state index is 12.8. The summed E-state index contributed by atoms with van der Waals surface area (Å²) in [5.74, 6) is -0.346. The molecule has 0 saturated heterocycles. The molecule has 0 atom stereocenters. The second-order valence-corrected chi connectivity index (χ2v) is 7.74. The predicted molar refractivity (Wildman–Crippen MR) is 106 cm³/mol. The maximum Gasteiger partial charge on any atom is 0.338 e. The highest BCUT2D eigenvalue weighted by molar-refractivity contribution is 6.42. The second-order valence-electron chi connectivity index (χ2n) is 6.49. The predicted octanol–water partition coefficient (Wildman–Crippen LogP) is 5.62. The molecule has 26 heavy (non-hydrogen) atoms. The first-order chi connectivity index (χ1) is 12.1. The monoisotopic (exact) mass is 413 g/mol. The van der Waals surface area contributed by atoms with Gasteiger partial charge in [-0.25, -0.2) is 15.2 Å². The summed E-state index contributed by atoms with van der Waals surface area (Å²) in [5, 5.41) is 4.52. The van der Waals surface area contributed by atoms with E-state index >= 15 is 0 Å². The second kappa shape index (κ2) is 8.16. The Morgan fingerprint density at radius 3 is 2.00 bits per heavy atom. The molecule has 3 amide bonds. The molecule has 0 fully saturated rings. The quantitative estimate of drug-likeness (QED) is 0.626. The molecule has 0 saturated carbocycles. The molecule has 2 aromatic rings. The number of nitrogens with zero attached hydrogens (tertiary/aromatic N) is 1. The number of hydrazine groups is 1. The number of hydrogen-bond donors (Lipinski definition) is 2. The highest BCUT2D eigenvalue weighted by Gasteiger charge is 2.29. The first-order valence-corrected chi connectivity index (χ1v) is 8.85. The minimum Gasteiger partial charge on any atom is -0.304 e. The number of hydrogen-bond acceptors (Lipinski definition) is 2. The van der Waals surface area contributed by atoms with E-state index in [-0.39, 0.29) is 21.6 Å². The van der Waals surface area contributed by atoms with Gasteiger partial charge in [0.1, 0.15) is 0 Å². The van der Waals surface area contributed by atoms with E-state index in [4.69, 9.17) is 34.8 Å². The van der Waals surface area contributed by atoms with Crippen LogP contribution in [0, 0.1) is 0 Å². The van der Waals surface area contributed by atoms with Gasteiger partial charge in [-0.2, -0.15) is 0 Å². The van der Waals surface area contributed by atoms with Crippen LogP contribution in [0.25, 0.3) is 0 Å². The van der Waals surface area contributed by atoms with Gasteiger partial charge in [0.25, 0.3) is 5.91 Å². The molecule has 0 bridgehead atoms. The molecule has 2 aromatic carbocycles. The Hall–Kier alpha value is -1.95. The van der Waals surface area contributed by atoms with Crippen molar-refractivity contribution in [1.82, 2.24) is 10.4 Å². The van der Waals surface area contributed by atoms with E-state index < -0.39 is 11.6 Å². The van der Waals surface area contributed by atoms with Gasteiger partial charge in [-0.15, -0.1) is 0 Å². The molecule has 0 aliphatic rings. The van der Waals surface area contributed by atoms with Crippen molar-refractivity contribution in [3.05, 3.63) is 63.1 Å². The lowest BCUT2D eigenvalue weighted by atomic mass is 10.1. The first-order valence-electron chi connectivity index (χ1n) is 7.71. The van der Waals surface area contributed by atoms with Crippen LogP contribution < -0.4 is 10.7 Å². The van der Waals surface area contributed by atoms with Crippen LogP contribution in [0.15, 0.2) is 42.5 Å². The molecule has 0 aliphatic carbocycles. The van der Waals surface area contributed by atoms with E-state index in [1.165, 1.54) is 17.1 Å². The van der Waals surface area contributed by atoms with E-state index in [2.05, 4.69) is 10.7 Å². The lowest BCUT2D eigenvalue weighted by Crippen LogP contribution is -2.56. The minimum absolute atomic E-state index is 0.189. The van der Waals surface area contributed by atoms with Crippen molar-refractivity contribution in [2.45, 2.75) is 26.3 Å². The average molecular weight is 415 g/mol. The number of carbonyl (C=O) groups excluding carboxylic acids is 2. The summed E-state index contributed by atoms with van der Waals surface area (Å²) in [6.07, 6.45) is 0. The molecular weight excluding hydrogens is 397 g/mol. The zero-order valence-corrected chi connectivity index (χ0v) is 16.7. The third kappa shape index (κ3) is 5.04. The van der Waals surface area contributed by atoms with Gasteiger partial charge in [0.15, 0.2) is 0 Å². The van der Waals surface area contributed by atoms with Crippen LogP contribution in [-0.4, -0.2) is 22.5 Å². The molecule has 0 heterocycles. The number of anilines is 1. The minimum atomic E-state index is -0.669. The molecule has 2 N–H and O–H groups in total. The zero-order valence-electron chi connectivity index (χ0n) is 14.4. The van der Waals surface area contributed by atoms with Gasteiger partial charge in [-0.05, 0) is 45.0 Å². The van der Waals surface area contributed by atoms with Gasteiger partial charge in [0.2, 0.25) is 0 Å². The molecule has 0 unspecified atom stereocenters. The molecule has 2 rings (SSSR count). The summed E-state index contributed by atoms with van der Waals surface area (Å²) in [6, 6.07) is 10.9. The molecule has 0 aliphatic heterocycles. The van der Waals surface area contributed by atoms with Crippen LogP contribution >= 0.6 is 34.8 Å². The normalized spacial score (nSPS) is 11.0. The summed E-state index contributed by atoms with van der Waals surface area (Å²) in [4.78, 5) is 25.2. The van der Waals surface area contributed by atoms with Crippen LogP contribution in [0.1, 0.15) is 31.1 Å². The summed E-state index contributed by atoms with van der Waals surface area (Å²) in [7, 11) is 0. The molecule has 0 aromatic heterocycles. The van der Waals surface area contributed by atoms with Gasteiger partial charge in [0, 0.05) is 10.6 Å². The zero-order chi connectivity index (χ0) is 19.5. The molecule has 5 nitrogen and oxygen atoms in total.